The van der Waals surface area contributed by atoms with Crippen LogP contribution in [0.3, 0.4) is 0 Å². The van der Waals surface area contributed by atoms with Gasteiger partial charge in [-0.1, -0.05) is 20.8 Å². The summed E-state index contributed by atoms with van der Waals surface area (Å²) in [7, 11) is 0. The van der Waals surface area contributed by atoms with Crippen molar-refractivity contribution in [2.45, 2.75) is 27.2 Å². The quantitative estimate of drug-likeness (QED) is 0.830. The summed E-state index contributed by atoms with van der Waals surface area (Å²) in [5, 5.41) is 4.94. The van der Waals surface area contributed by atoms with Crippen molar-refractivity contribution in [3.63, 3.8) is 0 Å². The Hall–Kier alpha value is -0.0300. The van der Waals surface area contributed by atoms with Gasteiger partial charge >= 0.3 is 5.97 Å². The van der Waals surface area contributed by atoms with Crippen LogP contribution in [0, 0.1) is 5.41 Å². The van der Waals surface area contributed by atoms with E-state index in [0.717, 1.165) is 26.2 Å². The number of piperazine rings is 1. The van der Waals surface area contributed by atoms with Gasteiger partial charge in [0.25, 0.3) is 0 Å². The maximum atomic E-state index is 11.4. The molecule has 6 heteroatoms. The Balaban J connectivity index is 0. The van der Waals surface area contributed by atoms with Gasteiger partial charge in [-0.15, -0.1) is 29.9 Å². The molecule has 0 radical (unpaired) electrons. The summed E-state index contributed by atoms with van der Waals surface area (Å²) < 4.78 is 0. The van der Waals surface area contributed by atoms with Gasteiger partial charge in [-0.05, 0) is 5.41 Å². The highest BCUT2D eigenvalue weighted by molar-refractivity contribution is 5.85. The first kappa shape index (κ1) is 18.3. The Bertz CT molecular complexity index is 201. The third-order valence-electron chi connectivity index (χ3n) is 1.98. The monoisotopic (exact) mass is 272 g/mol. The number of halogens is 2. The van der Waals surface area contributed by atoms with E-state index < -0.39 is 0 Å². The SMILES string of the molecule is CC(C)(C)CC(=O)ON1CCNCC1.Cl.Cl. The minimum absolute atomic E-state index is 0. The number of carbonyl (C=O) groups excluding carboxylic acids is 1. The first-order chi connectivity index (χ1) is 6.47. The molecule has 1 N–H and O–H groups in total. The largest absolute Gasteiger partial charge is 0.368 e. The molecule has 1 aliphatic rings. The van der Waals surface area contributed by atoms with Gasteiger partial charge in [-0.25, -0.2) is 0 Å². The molecule has 0 unspecified atom stereocenters. The zero-order valence-corrected chi connectivity index (χ0v) is 11.7. The van der Waals surface area contributed by atoms with E-state index in [9.17, 15) is 4.79 Å². The van der Waals surface area contributed by atoms with E-state index in [1.165, 1.54) is 0 Å². The molecule has 0 atom stereocenters. The van der Waals surface area contributed by atoms with Crippen LogP contribution >= 0.6 is 24.8 Å². The van der Waals surface area contributed by atoms with E-state index in [-0.39, 0.29) is 36.2 Å². The number of carbonyl (C=O) groups is 1. The Morgan fingerprint density at radius 2 is 1.75 bits per heavy atom. The minimum Gasteiger partial charge on any atom is -0.368 e. The van der Waals surface area contributed by atoms with Crippen molar-refractivity contribution in [3.05, 3.63) is 0 Å². The van der Waals surface area contributed by atoms with E-state index in [4.69, 9.17) is 4.84 Å². The van der Waals surface area contributed by atoms with Crippen LogP contribution in [0.25, 0.3) is 0 Å². The topological polar surface area (TPSA) is 41.6 Å². The lowest BCUT2D eigenvalue weighted by atomic mass is 9.93. The summed E-state index contributed by atoms with van der Waals surface area (Å²) in [5.41, 5.74) is 0.00508. The third-order valence-corrected chi connectivity index (χ3v) is 1.98. The Kier molecular flexibility index (Phi) is 9.30. The molecule has 0 bridgehead atoms. The summed E-state index contributed by atoms with van der Waals surface area (Å²) >= 11 is 0. The van der Waals surface area contributed by atoms with Gasteiger partial charge in [0.05, 0.1) is 6.42 Å². The van der Waals surface area contributed by atoms with Crippen molar-refractivity contribution in [2.75, 3.05) is 26.2 Å². The first-order valence-corrected chi connectivity index (χ1v) is 5.14. The molecule has 16 heavy (non-hydrogen) atoms. The number of nitrogens with one attached hydrogen (secondary N) is 1. The minimum atomic E-state index is -0.126. The fraction of sp³-hybridized carbons (Fsp3) is 0.900. The zero-order valence-electron chi connectivity index (χ0n) is 10.1. The van der Waals surface area contributed by atoms with Gasteiger partial charge in [0.1, 0.15) is 0 Å². The molecule has 1 rings (SSSR count). The second kappa shape index (κ2) is 8.12. The fourth-order valence-corrected chi connectivity index (χ4v) is 1.34. The van der Waals surface area contributed by atoms with E-state index in [1.807, 2.05) is 20.8 Å². The molecule has 98 valence electrons. The number of hydrogen-bond donors (Lipinski definition) is 1. The molecule has 0 spiro atoms. The van der Waals surface area contributed by atoms with Crippen molar-refractivity contribution in [1.29, 1.82) is 0 Å². The number of nitrogens with zero attached hydrogens (tertiary/aromatic N) is 1. The molecule has 0 saturated carbocycles. The number of hydrogen-bond acceptors (Lipinski definition) is 4. The van der Waals surface area contributed by atoms with Crippen LogP contribution in [0.2, 0.25) is 0 Å². The van der Waals surface area contributed by atoms with Gasteiger partial charge in [0.2, 0.25) is 0 Å². The molecule has 0 aromatic carbocycles. The number of hydroxylamine groups is 2. The predicted octanol–water partition coefficient (Wildman–Crippen LogP) is 1.63. The Labute approximate surface area is 110 Å². The second-order valence-corrected chi connectivity index (χ2v) is 4.88. The molecule has 4 nitrogen and oxygen atoms in total. The van der Waals surface area contributed by atoms with Crippen LogP contribution in [-0.2, 0) is 9.63 Å². The van der Waals surface area contributed by atoms with Crippen LogP contribution in [0.4, 0.5) is 0 Å². The maximum Gasteiger partial charge on any atom is 0.325 e. The Morgan fingerprint density at radius 1 is 1.25 bits per heavy atom. The van der Waals surface area contributed by atoms with Crippen molar-refractivity contribution in [2.24, 2.45) is 5.41 Å². The Morgan fingerprint density at radius 3 is 2.19 bits per heavy atom. The van der Waals surface area contributed by atoms with Gasteiger partial charge in [0, 0.05) is 26.2 Å². The zero-order chi connectivity index (χ0) is 10.6. The van der Waals surface area contributed by atoms with Crippen LogP contribution in [0.1, 0.15) is 27.2 Å². The number of rotatable bonds is 2. The normalized spacial score (nSPS) is 16.9. The molecule has 1 saturated heterocycles. The molecule has 0 amide bonds. The highest BCUT2D eigenvalue weighted by atomic mass is 35.5. The fourth-order valence-electron chi connectivity index (χ4n) is 1.34. The molecular formula is C10H22Cl2N2O2. The molecule has 1 heterocycles. The van der Waals surface area contributed by atoms with Crippen LogP contribution in [-0.4, -0.2) is 37.2 Å². The van der Waals surface area contributed by atoms with Gasteiger partial charge < -0.3 is 10.2 Å². The lowest BCUT2D eigenvalue weighted by Gasteiger charge is -2.27. The molecular weight excluding hydrogens is 251 g/mol. The molecule has 0 aromatic heterocycles. The van der Waals surface area contributed by atoms with Crippen LogP contribution < -0.4 is 5.32 Å². The summed E-state index contributed by atoms with van der Waals surface area (Å²) in [5.74, 6) is -0.126. The molecule has 0 aromatic rings. The smallest absolute Gasteiger partial charge is 0.325 e. The summed E-state index contributed by atoms with van der Waals surface area (Å²) in [6, 6.07) is 0. The van der Waals surface area contributed by atoms with Crippen molar-refractivity contribution in [1.82, 2.24) is 10.4 Å². The lowest BCUT2D eigenvalue weighted by molar-refractivity contribution is -0.194. The summed E-state index contributed by atoms with van der Waals surface area (Å²) in [4.78, 5) is 16.7. The van der Waals surface area contributed by atoms with Crippen molar-refractivity contribution >= 4 is 30.8 Å². The average molecular weight is 273 g/mol. The van der Waals surface area contributed by atoms with Gasteiger partial charge in [-0.2, -0.15) is 0 Å². The molecule has 0 aliphatic carbocycles. The van der Waals surface area contributed by atoms with E-state index in [0.29, 0.717) is 6.42 Å². The van der Waals surface area contributed by atoms with Gasteiger partial charge in [0.15, 0.2) is 0 Å². The average Bonchev–Trinajstić information content (AvgIpc) is 2.02. The van der Waals surface area contributed by atoms with E-state index in [1.54, 1.807) is 5.06 Å². The summed E-state index contributed by atoms with van der Waals surface area (Å²) in [6.45, 7) is 9.46. The van der Waals surface area contributed by atoms with Crippen LogP contribution in [0.5, 0.6) is 0 Å². The highest BCUT2D eigenvalue weighted by Crippen LogP contribution is 2.19. The standard InChI is InChI=1S/C10H20N2O2.2ClH/c1-10(2,3)8-9(13)14-12-6-4-11-5-7-12;;/h11H,4-8H2,1-3H3;2*1H. The van der Waals surface area contributed by atoms with Gasteiger partial charge in [-0.3, -0.25) is 4.79 Å². The van der Waals surface area contributed by atoms with Crippen molar-refractivity contribution in [3.8, 4) is 0 Å². The predicted molar refractivity (Wildman–Crippen MR) is 69.1 cm³/mol. The third kappa shape index (κ3) is 8.16. The van der Waals surface area contributed by atoms with E-state index >= 15 is 0 Å². The molecule has 1 fully saturated rings. The lowest BCUT2D eigenvalue weighted by Crippen LogP contribution is -2.44. The second-order valence-electron chi connectivity index (χ2n) is 4.88. The summed E-state index contributed by atoms with van der Waals surface area (Å²) in [6.07, 6.45) is 0.469. The van der Waals surface area contributed by atoms with E-state index in [2.05, 4.69) is 5.32 Å². The first-order valence-electron chi connectivity index (χ1n) is 5.14. The van der Waals surface area contributed by atoms with Crippen molar-refractivity contribution < 1.29 is 9.63 Å². The maximum absolute atomic E-state index is 11.4. The van der Waals surface area contributed by atoms with Crippen LogP contribution in [0.15, 0.2) is 0 Å². The molecule has 1 aliphatic heterocycles. The highest BCUT2D eigenvalue weighted by Gasteiger charge is 2.20.